The Balaban J connectivity index is 3.93. The minimum absolute atomic E-state index is 1.10. The van der Waals surface area contributed by atoms with Crippen LogP contribution in [0.2, 0.25) is 19.6 Å². The summed E-state index contributed by atoms with van der Waals surface area (Å²) in [5.74, 6) is 4.95. The molecule has 0 aliphatic heterocycles. The van der Waals surface area contributed by atoms with Crippen LogP contribution in [0.1, 0.15) is 0 Å². The van der Waals surface area contributed by atoms with Gasteiger partial charge in [0.2, 0.25) is 0 Å². The van der Waals surface area contributed by atoms with Crippen molar-refractivity contribution in [1.82, 2.24) is 0 Å². The highest BCUT2D eigenvalue weighted by molar-refractivity contribution is 6.81. The second-order valence-corrected chi connectivity index (χ2v) is 8.15. The van der Waals surface area contributed by atoms with E-state index in [9.17, 15) is 0 Å². The van der Waals surface area contributed by atoms with Gasteiger partial charge in [-0.3, -0.25) is 0 Å². The highest BCUT2D eigenvalue weighted by atomic mass is 28.3. The number of allylic oxidation sites excluding steroid dienone is 1. The summed E-state index contributed by atoms with van der Waals surface area (Å²) in [5.41, 5.74) is 2.11. The summed E-state index contributed by atoms with van der Waals surface area (Å²) in [7, 11) is -1.10. The first-order chi connectivity index (χ1) is 4.56. The van der Waals surface area contributed by atoms with E-state index in [0.717, 1.165) is 0 Å². The summed E-state index contributed by atoms with van der Waals surface area (Å²) in [6.45, 7) is 6.66. The Labute approximate surface area is 63.4 Å². The molecule has 0 heterocycles. The molecule has 0 rings (SSSR count). The molecule has 0 saturated carbocycles. The van der Waals surface area contributed by atoms with E-state index in [1.165, 1.54) is 0 Å². The van der Waals surface area contributed by atoms with Crippen LogP contribution < -0.4 is 0 Å². The molecule has 0 atom stereocenters. The maximum Gasteiger partial charge on any atom is 0.152 e. The van der Waals surface area contributed by atoms with Crippen molar-refractivity contribution < 1.29 is 0 Å². The number of hydrogen-bond donors (Lipinski definition) is 0. The Bertz CT molecular complexity index is 216. The quantitative estimate of drug-likeness (QED) is 0.413. The Morgan fingerprint density at radius 2 is 1.90 bits per heavy atom. The van der Waals surface area contributed by atoms with Gasteiger partial charge in [-0.1, -0.05) is 31.3 Å². The SMILES string of the molecule is C[Si](C)(C)/C=C/C#CC#N. The van der Waals surface area contributed by atoms with Gasteiger partial charge in [0.1, 0.15) is 0 Å². The number of rotatable bonds is 1. The average Bonchev–Trinajstić information content (AvgIpc) is 1.78. The lowest BCUT2D eigenvalue weighted by Gasteiger charge is -2.05. The minimum atomic E-state index is -1.10. The van der Waals surface area contributed by atoms with Crippen molar-refractivity contribution in [1.29, 1.82) is 5.26 Å². The molecule has 0 bridgehead atoms. The lowest BCUT2D eigenvalue weighted by molar-refractivity contribution is 1.55. The van der Waals surface area contributed by atoms with E-state index < -0.39 is 8.07 Å². The largest absolute Gasteiger partial charge is 0.183 e. The van der Waals surface area contributed by atoms with Crippen LogP contribution in [0.25, 0.3) is 0 Å². The van der Waals surface area contributed by atoms with Crippen LogP contribution in [0.3, 0.4) is 0 Å². The molecule has 0 aliphatic carbocycles. The molecule has 2 heteroatoms. The van der Waals surface area contributed by atoms with E-state index in [-0.39, 0.29) is 0 Å². The number of nitriles is 1. The highest BCUT2D eigenvalue weighted by Crippen LogP contribution is 2.00. The van der Waals surface area contributed by atoms with Gasteiger partial charge >= 0.3 is 0 Å². The van der Waals surface area contributed by atoms with Crippen LogP contribution in [0.15, 0.2) is 11.8 Å². The fourth-order valence-corrected chi connectivity index (χ4v) is 0.949. The second kappa shape index (κ2) is 3.93. The Kier molecular flexibility index (Phi) is 3.54. The molecule has 0 N–H and O–H groups in total. The molecule has 10 heavy (non-hydrogen) atoms. The smallest absolute Gasteiger partial charge is 0.152 e. The van der Waals surface area contributed by atoms with Gasteiger partial charge in [0.25, 0.3) is 0 Å². The van der Waals surface area contributed by atoms with Gasteiger partial charge in [-0.25, -0.2) is 0 Å². The molecule has 0 aromatic heterocycles. The zero-order chi connectivity index (χ0) is 8.04. The van der Waals surface area contributed by atoms with Crippen LogP contribution in [-0.4, -0.2) is 8.07 Å². The van der Waals surface area contributed by atoms with E-state index in [2.05, 4.69) is 37.2 Å². The summed E-state index contributed by atoms with van der Waals surface area (Å²) in [4.78, 5) is 0. The zero-order valence-corrected chi connectivity index (χ0v) is 7.60. The third kappa shape index (κ3) is 7.01. The van der Waals surface area contributed by atoms with E-state index in [1.54, 1.807) is 12.1 Å². The summed E-state index contributed by atoms with van der Waals surface area (Å²) in [5, 5.41) is 8.05. The third-order valence-electron chi connectivity index (χ3n) is 0.795. The molecule has 0 amide bonds. The summed E-state index contributed by atoms with van der Waals surface area (Å²) >= 11 is 0. The molecule has 1 nitrogen and oxygen atoms in total. The first-order valence-electron chi connectivity index (χ1n) is 3.13. The Morgan fingerprint density at radius 1 is 1.30 bits per heavy atom. The van der Waals surface area contributed by atoms with Crippen LogP contribution in [0, 0.1) is 23.2 Å². The number of hydrogen-bond acceptors (Lipinski definition) is 1. The average molecular weight is 149 g/mol. The van der Waals surface area contributed by atoms with Crippen molar-refractivity contribution >= 4 is 8.07 Å². The lowest BCUT2D eigenvalue weighted by Crippen LogP contribution is -2.14. The molecule has 0 aromatic rings. The maximum absolute atomic E-state index is 8.05. The van der Waals surface area contributed by atoms with E-state index in [1.807, 2.05) is 0 Å². The molecule has 0 radical (unpaired) electrons. The van der Waals surface area contributed by atoms with Crippen molar-refractivity contribution in [2.75, 3.05) is 0 Å². The first kappa shape index (κ1) is 9.01. The zero-order valence-electron chi connectivity index (χ0n) is 6.60. The molecule has 0 fully saturated rings. The highest BCUT2D eigenvalue weighted by Gasteiger charge is 2.05. The lowest BCUT2D eigenvalue weighted by atomic mass is 10.6. The van der Waals surface area contributed by atoms with Gasteiger partial charge in [0.05, 0.1) is 8.07 Å². The van der Waals surface area contributed by atoms with E-state index in [0.29, 0.717) is 0 Å². The molecule has 52 valence electrons. The van der Waals surface area contributed by atoms with Gasteiger partial charge < -0.3 is 0 Å². The van der Waals surface area contributed by atoms with Crippen LogP contribution in [0.4, 0.5) is 0 Å². The fraction of sp³-hybridized carbons (Fsp3) is 0.375. The van der Waals surface area contributed by atoms with Crippen molar-refractivity contribution in [2.24, 2.45) is 0 Å². The van der Waals surface area contributed by atoms with Crippen LogP contribution in [0.5, 0.6) is 0 Å². The first-order valence-corrected chi connectivity index (χ1v) is 6.71. The molecule has 0 spiro atoms. The monoisotopic (exact) mass is 149 g/mol. The minimum Gasteiger partial charge on any atom is -0.183 e. The maximum atomic E-state index is 8.05. The van der Waals surface area contributed by atoms with Crippen molar-refractivity contribution in [3.05, 3.63) is 11.8 Å². The second-order valence-electron chi connectivity index (χ2n) is 3.08. The normalized spacial score (nSPS) is 10.2. The fourth-order valence-electron chi connectivity index (χ4n) is 0.366. The molecule has 0 saturated heterocycles. The summed E-state index contributed by atoms with van der Waals surface area (Å²) < 4.78 is 0. The van der Waals surface area contributed by atoms with Gasteiger partial charge in [-0.05, 0) is 6.08 Å². The Hall–Kier alpha value is -0.993. The summed E-state index contributed by atoms with van der Waals surface area (Å²) in [6, 6.07) is 1.76. The molecular weight excluding hydrogens is 138 g/mol. The van der Waals surface area contributed by atoms with Gasteiger partial charge in [0, 0.05) is 5.92 Å². The van der Waals surface area contributed by atoms with Crippen molar-refractivity contribution in [3.63, 3.8) is 0 Å². The summed E-state index contributed by atoms with van der Waals surface area (Å²) in [6.07, 6.45) is 1.77. The van der Waals surface area contributed by atoms with E-state index in [4.69, 9.17) is 5.26 Å². The molecular formula is C8H11NSi. The number of nitrogens with zero attached hydrogens (tertiary/aromatic N) is 1. The predicted molar refractivity (Wildman–Crippen MR) is 45.9 cm³/mol. The molecule has 0 unspecified atom stereocenters. The standard InChI is InChI=1S/C8H11NSi/c1-10(2,3)8-6-4-5-7-9/h6,8H,1-3H3/b8-6+. The van der Waals surface area contributed by atoms with Gasteiger partial charge in [-0.2, -0.15) is 5.26 Å². The van der Waals surface area contributed by atoms with Crippen LogP contribution in [-0.2, 0) is 0 Å². The molecule has 0 aromatic carbocycles. The van der Waals surface area contributed by atoms with Gasteiger partial charge in [-0.15, -0.1) is 0 Å². The van der Waals surface area contributed by atoms with Crippen molar-refractivity contribution in [2.45, 2.75) is 19.6 Å². The Morgan fingerprint density at radius 3 is 2.30 bits per heavy atom. The molecule has 0 aliphatic rings. The third-order valence-corrected chi connectivity index (χ3v) is 1.96. The topological polar surface area (TPSA) is 23.8 Å². The van der Waals surface area contributed by atoms with Crippen LogP contribution >= 0.6 is 0 Å². The van der Waals surface area contributed by atoms with Crippen molar-refractivity contribution in [3.8, 4) is 17.9 Å². The van der Waals surface area contributed by atoms with E-state index >= 15 is 0 Å². The predicted octanol–water partition coefficient (Wildman–Crippen LogP) is 1.95. The van der Waals surface area contributed by atoms with Gasteiger partial charge in [0.15, 0.2) is 6.07 Å².